The number of aryl methyl sites for hydroxylation is 1. The lowest BCUT2D eigenvalue weighted by molar-refractivity contribution is 0.0965. The Labute approximate surface area is 190 Å². The molecule has 9 heteroatoms. The molecule has 0 bridgehead atoms. The van der Waals surface area contributed by atoms with Crippen LogP contribution in [-0.4, -0.2) is 27.9 Å². The number of benzene rings is 2. The number of anilines is 2. The summed E-state index contributed by atoms with van der Waals surface area (Å²) in [7, 11) is 1.58. The maximum absolute atomic E-state index is 13.7. The highest BCUT2D eigenvalue weighted by molar-refractivity contribution is 6.12. The predicted octanol–water partition coefficient (Wildman–Crippen LogP) is 3.48. The van der Waals surface area contributed by atoms with Crippen molar-refractivity contribution in [3.8, 4) is 17.2 Å². The zero-order valence-corrected chi connectivity index (χ0v) is 18.1. The van der Waals surface area contributed by atoms with Gasteiger partial charge in [0, 0.05) is 23.7 Å². The lowest BCUT2D eigenvalue weighted by Gasteiger charge is -2.16. The van der Waals surface area contributed by atoms with E-state index < -0.39 is 0 Å². The molecule has 0 saturated heterocycles. The molecule has 0 unspecified atom stereocenters. The van der Waals surface area contributed by atoms with Gasteiger partial charge in [-0.3, -0.25) is 9.78 Å². The van der Waals surface area contributed by atoms with Crippen LogP contribution < -0.4 is 16.8 Å². The van der Waals surface area contributed by atoms with Gasteiger partial charge in [0.2, 0.25) is 0 Å². The lowest BCUT2D eigenvalue weighted by Crippen LogP contribution is -2.20. The summed E-state index contributed by atoms with van der Waals surface area (Å²) >= 11 is 0. The van der Waals surface area contributed by atoms with Crippen LogP contribution in [0.5, 0.6) is 0 Å². The molecule has 8 nitrogen and oxygen atoms in total. The molecule has 0 aliphatic heterocycles. The maximum atomic E-state index is 13.7. The summed E-state index contributed by atoms with van der Waals surface area (Å²) in [6.45, 7) is 2.00. The number of aromatic nitrogens is 3. The summed E-state index contributed by atoms with van der Waals surface area (Å²) in [4.78, 5) is 24.3. The Bertz CT molecular complexity index is 1330. The van der Waals surface area contributed by atoms with Gasteiger partial charge in [-0.25, -0.2) is 14.4 Å². The van der Waals surface area contributed by atoms with E-state index in [1.165, 1.54) is 18.5 Å². The molecule has 4 rings (SSSR count). The Morgan fingerprint density at radius 3 is 2.33 bits per heavy atom. The van der Waals surface area contributed by atoms with Crippen LogP contribution in [0.15, 0.2) is 54.9 Å². The molecular formula is C24H22FN7O. The number of hydrogen-bond acceptors (Lipinski definition) is 7. The van der Waals surface area contributed by atoms with Gasteiger partial charge in [0.15, 0.2) is 0 Å². The van der Waals surface area contributed by atoms with Crippen molar-refractivity contribution in [2.24, 2.45) is 0 Å². The average Bonchev–Trinajstić information content (AvgIpc) is 2.83. The van der Waals surface area contributed by atoms with Crippen LogP contribution in [0, 0.1) is 17.1 Å². The van der Waals surface area contributed by atoms with Crippen molar-refractivity contribution in [3.63, 3.8) is 0 Å². The van der Waals surface area contributed by atoms with Crippen molar-refractivity contribution in [1.29, 1.82) is 5.26 Å². The SMILES string of the molecule is CCc1nc2ccc(F)cc2c(C(=O)NC)c1-c1ccccc1.N#Cc1c(N)ncnc1N. The molecule has 1 amide bonds. The molecule has 2 heterocycles. The number of rotatable bonds is 3. The number of carbonyl (C=O) groups excluding carboxylic acids is 1. The molecule has 0 aliphatic carbocycles. The fraction of sp³-hybridized carbons (Fsp3) is 0.125. The number of nitrogens with one attached hydrogen (secondary N) is 1. The van der Waals surface area contributed by atoms with Crippen molar-refractivity contribution in [2.75, 3.05) is 18.5 Å². The monoisotopic (exact) mass is 443 g/mol. The van der Waals surface area contributed by atoms with Gasteiger partial charge >= 0.3 is 0 Å². The fourth-order valence-corrected chi connectivity index (χ4v) is 3.35. The van der Waals surface area contributed by atoms with Crippen LogP contribution in [0.1, 0.15) is 28.5 Å². The predicted molar refractivity (Wildman–Crippen MR) is 125 cm³/mol. The minimum atomic E-state index is -0.382. The summed E-state index contributed by atoms with van der Waals surface area (Å²) in [6, 6.07) is 15.8. The van der Waals surface area contributed by atoms with Crippen LogP contribution in [0.4, 0.5) is 16.0 Å². The van der Waals surface area contributed by atoms with Gasteiger partial charge in [-0.1, -0.05) is 37.3 Å². The second-order valence-electron chi connectivity index (χ2n) is 6.90. The topological polar surface area (TPSA) is 144 Å². The van der Waals surface area contributed by atoms with E-state index in [1.54, 1.807) is 19.2 Å². The Hall–Kier alpha value is -4.58. The van der Waals surface area contributed by atoms with Crippen molar-refractivity contribution in [2.45, 2.75) is 13.3 Å². The minimum Gasteiger partial charge on any atom is -0.382 e. The third kappa shape index (κ3) is 4.85. The summed E-state index contributed by atoms with van der Waals surface area (Å²) in [5.74, 6) is -0.380. The summed E-state index contributed by atoms with van der Waals surface area (Å²) in [6.07, 6.45) is 1.90. The first kappa shape index (κ1) is 23.1. The molecule has 0 spiro atoms. The van der Waals surface area contributed by atoms with E-state index in [0.717, 1.165) is 16.8 Å². The first-order valence-corrected chi connectivity index (χ1v) is 10.1. The van der Waals surface area contributed by atoms with Crippen LogP contribution in [0.25, 0.3) is 22.0 Å². The van der Waals surface area contributed by atoms with Crippen molar-refractivity contribution in [3.05, 3.63) is 77.5 Å². The molecule has 0 atom stereocenters. The number of nitriles is 1. The highest BCUT2D eigenvalue weighted by Crippen LogP contribution is 2.33. The zero-order valence-electron chi connectivity index (χ0n) is 18.1. The van der Waals surface area contributed by atoms with Crippen molar-refractivity contribution >= 4 is 28.4 Å². The van der Waals surface area contributed by atoms with Crippen LogP contribution in [0.3, 0.4) is 0 Å². The summed E-state index contributed by atoms with van der Waals surface area (Å²) in [5, 5.41) is 11.6. The molecule has 0 aliphatic rings. The molecule has 33 heavy (non-hydrogen) atoms. The first-order valence-electron chi connectivity index (χ1n) is 10.1. The Balaban J connectivity index is 0.000000257. The molecule has 166 valence electrons. The maximum Gasteiger partial charge on any atom is 0.252 e. The molecule has 5 N–H and O–H groups in total. The van der Waals surface area contributed by atoms with E-state index in [4.69, 9.17) is 16.7 Å². The van der Waals surface area contributed by atoms with Gasteiger partial charge in [-0.2, -0.15) is 5.26 Å². The number of nitrogen functional groups attached to an aromatic ring is 2. The Kier molecular flexibility index (Phi) is 7.10. The standard InChI is InChI=1S/C19H17FN2O.C5H5N5/c1-3-15-17(12-7-5-4-6-8-12)18(19(23)21-2)14-11-13(20)9-10-16(14)22-15;6-1-3-4(7)9-2-10-5(3)8/h4-11H,3H2,1-2H3,(H,21,23);2H,(H4,7,8,9,10). The van der Waals surface area contributed by atoms with Gasteiger partial charge in [0.05, 0.1) is 11.1 Å². The molecule has 2 aromatic carbocycles. The van der Waals surface area contributed by atoms with E-state index in [2.05, 4.69) is 20.3 Å². The number of carbonyl (C=O) groups is 1. The van der Waals surface area contributed by atoms with Crippen molar-refractivity contribution < 1.29 is 9.18 Å². The number of amides is 1. The van der Waals surface area contributed by atoms with E-state index in [9.17, 15) is 9.18 Å². The number of pyridine rings is 1. The molecule has 4 aromatic rings. The quantitative estimate of drug-likeness (QED) is 0.440. The van der Waals surface area contributed by atoms with Gasteiger partial charge < -0.3 is 16.8 Å². The molecule has 2 aromatic heterocycles. The van der Waals surface area contributed by atoms with E-state index in [-0.39, 0.29) is 28.9 Å². The van der Waals surface area contributed by atoms with E-state index in [1.807, 2.05) is 37.3 Å². The normalized spacial score (nSPS) is 10.1. The number of nitrogens with zero attached hydrogens (tertiary/aromatic N) is 4. The first-order chi connectivity index (χ1) is 15.9. The molecule has 0 saturated carbocycles. The zero-order chi connectivity index (χ0) is 24.0. The number of halogens is 1. The molecular weight excluding hydrogens is 421 g/mol. The summed E-state index contributed by atoms with van der Waals surface area (Å²) < 4.78 is 13.7. The number of nitrogens with two attached hydrogens (primary N) is 2. The summed E-state index contributed by atoms with van der Waals surface area (Å²) in [5.41, 5.74) is 14.3. The Morgan fingerprint density at radius 1 is 1.12 bits per heavy atom. The molecule has 0 radical (unpaired) electrons. The molecule has 0 fully saturated rings. The number of fused-ring (bicyclic) bond motifs is 1. The second-order valence-corrected chi connectivity index (χ2v) is 6.90. The van der Waals surface area contributed by atoms with Gasteiger partial charge in [-0.05, 0) is 30.2 Å². The van der Waals surface area contributed by atoms with Gasteiger partial charge in [-0.15, -0.1) is 0 Å². The smallest absolute Gasteiger partial charge is 0.252 e. The van der Waals surface area contributed by atoms with E-state index in [0.29, 0.717) is 22.9 Å². The highest BCUT2D eigenvalue weighted by Gasteiger charge is 2.20. The highest BCUT2D eigenvalue weighted by atomic mass is 19.1. The fourth-order valence-electron chi connectivity index (χ4n) is 3.35. The number of hydrogen-bond donors (Lipinski definition) is 3. The van der Waals surface area contributed by atoms with Crippen molar-refractivity contribution in [1.82, 2.24) is 20.3 Å². The lowest BCUT2D eigenvalue weighted by atomic mass is 9.93. The average molecular weight is 443 g/mol. The third-order valence-corrected chi connectivity index (χ3v) is 4.89. The largest absolute Gasteiger partial charge is 0.382 e. The second kappa shape index (κ2) is 10.2. The van der Waals surface area contributed by atoms with Gasteiger partial charge in [0.1, 0.15) is 35.4 Å². The Morgan fingerprint density at radius 2 is 1.79 bits per heavy atom. The van der Waals surface area contributed by atoms with E-state index >= 15 is 0 Å². The van der Waals surface area contributed by atoms with Gasteiger partial charge in [0.25, 0.3) is 5.91 Å². The minimum absolute atomic E-state index is 0.120. The van der Waals surface area contributed by atoms with Crippen LogP contribution in [-0.2, 0) is 6.42 Å². The third-order valence-electron chi connectivity index (χ3n) is 4.89. The van der Waals surface area contributed by atoms with Crippen LogP contribution in [0.2, 0.25) is 0 Å². The van der Waals surface area contributed by atoms with Crippen LogP contribution >= 0.6 is 0 Å².